The number of alkyl halides is 2. The van der Waals surface area contributed by atoms with E-state index in [2.05, 4.69) is 9.57 Å². The summed E-state index contributed by atoms with van der Waals surface area (Å²) < 4.78 is 27.9. The third kappa shape index (κ3) is 12.7. The van der Waals surface area contributed by atoms with Crippen LogP contribution in [0.4, 0.5) is 8.78 Å². The number of hydrogen-bond donors (Lipinski definition) is 2. The van der Waals surface area contributed by atoms with Gasteiger partial charge in [0.05, 0.1) is 0 Å². The molecule has 0 heterocycles. The van der Waals surface area contributed by atoms with Crippen molar-refractivity contribution in [2.45, 2.75) is 33.8 Å². The summed E-state index contributed by atoms with van der Waals surface area (Å²) in [6, 6.07) is 0. The van der Waals surface area contributed by atoms with Gasteiger partial charge in [-0.15, -0.1) is 0 Å². The van der Waals surface area contributed by atoms with E-state index >= 15 is 0 Å². The van der Waals surface area contributed by atoms with E-state index in [-0.39, 0.29) is 0 Å². The fourth-order valence-corrected chi connectivity index (χ4v) is 0.315. The molecule has 0 rings (SSSR count). The van der Waals surface area contributed by atoms with E-state index < -0.39 is 24.6 Å². The lowest BCUT2D eigenvalue weighted by atomic mass is 10.6. The number of hydrogen-bond acceptors (Lipinski definition) is 4. The highest BCUT2D eigenvalue weighted by molar-refractivity contribution is 5.81. The number of rotatable bonds is 5. The Balaban J connectivity index is -0.000000439. The molecule has 0 aromatic carbocycles. The van der Waals surface area contributed by atoms with Gasteiger partial charge >= 0.3 is 18.0 Å². The van der Waals surface area contributed by atoms with Crippen molar-refractivity contribution in [2.75, 3.05) is 13.7 Å². The molecule has 8 heteroatoms. The normalized spacial score (nSPS) is 9.12. The smallest absolute Gasteiger partial charge is 0.438 e. The van der Waals surface area contributed by atoms with E-state index in [0.717, 1.165) is 0 Å². The highest BCUT2D eigenvalue weighted by Crippen LogP contribution is 2.12. The van der Waals surface area contributed by atoms with E-state index in [4.69, 9.17) is 5.11 Å². The number of carbonyl (C=O) groups excluding carboxylic acids is 1. The van der Waals surface area contributed by atoms with Crippen LogP contribution in [0.3, 0.4) is 0 Å². The minimum Gasteiger partial charge on any atom is -0.479 e. The van der Waals surface area contributed by atoms with Crippen molar-refractivity contribution in [2.24, 2.45) is 0 Å². The number of amides is 1. The van der Waals surface area contributed by atoms with Crippen LogP contribution < -0.4 is 5.48 Å². The van der Waals surface area contributed by atoms with Crippen LogP contribution in [0.2, 0.25) is 0 Å². The second kappa shape index (κ2) is 12.8. The standard InChI is InChI=1S/C5H7F2NO5.2C2H6/c1-12-5(6,7)4(11)8-13-2-3(9)10;2*1-2/h2H2,1H3,(H,8,11)(H,9,10);2*1-2H3. The number of aliphatic carboxylic acids is 1. The number of carboxylic acids is 1. The van der Waals surface area contributed by atoms with Crippen molar-refractivity contribution in [1.82, 2.24) is 5.48 Å². The molecule has 0 radical (unpaired) electrons. The Kier molecular flexibility index (Phi) is 15.8. The molecule has 0 unspecified atom stereocenters. The molecule has 17 heavy (non-hydrogen) atoms. The summed E-state index contributed by atoms with van der Waals surface area (Å²) in [5.41, 5.74) is 1.21. The van der Waals surface area contributed by atoms with Crippen molar-refractivity contribution in [1.29, 1.82) is 0 Å². The first-order chi connectivity index (χ1) is 7.90. The summed E-state index contributed by atoms with van der Waals surface area (Å²) in [7, 11) is 0.622. The molecule has 0 aromatic rings. The second-order valence-electron chi connectivity index (χ2n) is 1.83. The molecule has 0 saturated heterocycles. The van der Waals surface area contributed by atoms with Crippen molar-refractivity contribution >= 4 is 11.9 Å². The zero-order chi connectivity index (χ0) is 14.5. The van der Waals surface area contributed by atoms with Crippen molar-refractivity contribution in [3.63, 3.8) is 0 Å². The number of nitrogens with one attached hydrogen (secondary N) is 1. The Hall–Kier alpha value is -1.28. The Bertz CT molecular complexity index is 212. The van der Waals surface area contributed by atoms with Crippen LogP contribution in [-0.2, 0) is 19.2 Å². The Labute approximate surface area is 98.8 Å². The maximum absolute atomic E-state index is 12.2. The first-order valence-corrected chi connectivity index (χ1v) is 4.97. The first-order valence-electron chi connectivity index (χ1n) is 4.97. The van der Waals surface area contributed by atoms with Gasteiger partial charge in [0.15, 0.2) is 6.61 Å². The Morgan fingerprint density at radius 1 is 1.24 bits per heavy atom. The van der Waals surface area contributed by atoms with Gasteiger partial charge in [0, 0.05) is 7.11 Å². The maximum atomic E-state index is 12.2. The zero-order valence-electron chi connectivity index (χ0n) is 10.5. The van der Waals surface area contributed by atoms with Gasteiger partial charge in [-0.25, -0.2) is 10.3 Å². The van der Waals surface area contributed by atoms with Crippen LogP contribution in [0.5, 0.6) is 0 Å². The third-order valence-electron chi connectivity index (χ3n) is 0.881. The monoisotopic (exact) mass is 259 g/mol. The Morgan fingerprint density at radius 3 is 1.94 bits per heavy atom. The van der Waals surface area contributed by atoms with Crippen LogP contribution >= 0.6 is 0 Å². The molecule has 0 bridgehead atoms. The molecule has 104 valence electrons. The van der Waals surface area contributed by atoms with E-state index in [9.17, 15) is 18.4 Å². The van der Waals surface area contributed by atoms with Gasteiger partial charge in [0.1, 0.15) is 0 Å². The first kappa shape index (κ1) is 21.1. The van der Waals surface area contributed by atoms with E-state index in [1.165, 1.54) is 5.48 Å². The second-order valence-corrected chi connectivity index (χ2v) is 1.83. The molecule has 0 aliphatic carbocycles. The summed E-state index contributed by atoms with van der Waals surface area (Å²) in [4.78, 5) is 24.1. The van der Waals surface area contributed by atoms with Crippen molar-refractivity contribution in [3.05, 3.63) is 0 Å². The summed E-state index contributed by atoms with van der Waals surface area (Å²) in [5.74, 6) is -3.27. The lowest BCUT2D eigenvalue weighted by molar-refractivity contribution is -0.228. The third-order valence-corrected chi connectivity index (χ3v) is 0.881. The zero-order valence-corrected chi connectivity index (χ0v) is 10.5. The summed E-state index contributed by atoms with van der Waals surface area (Å²) in [6.07, 6.45) is -4.03. The van der Waals surface area contributed by atoms with Gasteiger partial charge in [-0.05, 0) is 0 Å². The van der Waals surface area contributed by atoms with Crippen LogP contribution in [-0.4, -0.2) is 36.8 Å². The molecule has 0 atom stereocenters. The topological polar surface area (TPSA) is 84.9 Å². The van der Waals surface area contributed by atoms with Crippen molar-refractivity contribution in [3.8, 4) is 0 Å². The van der Waals surface area contributed by atoms with Crippen molar-refractivity contribution < 1.29 is 33.1 Å². The molecule has 0 aliphatic rings. The number of carboxylic acid groups (broad SMARTS) is 1. The van der Waals surface area contributed by atoms with Gasteiger partial charge in [-0.1, -0.05) is 27.7 Å². The lowest BCUT2D eigenvalue weighted by Crippen LogP contribution is -2.42. The molecule has 0 aliphatic heterocycles. The molecule has 6 nitrogen and oxygen atoms in total. The van der Waals surface area contributed by atoms with Crippen LogP contribution in [0, 0.1) is 0 Å². The lowest BCUT2D eigenvalue weighted by Gasteiger charge is -2.12. The number of halogens is 2. The summed E-state index contributed by atoms with van der Waals surface area (Å²) in [5, 5.41) is 7.99. The fraction of sp³-hybridized carbons (Fsp3) is 0.778. The SMILES string of the molecule is CC.CC.COC(F)(F)C(=O)NOCC(=O)O. The van der Waals surface area contributed by atoms with E-state index in [1.807, 2.05) is 27.7 Å². The van der Waals surface area contributed by atoms with Gasteiger partial charge in [0.25, 0.3) is 0 Å². The van der Waals surface area contributed by atoms with Gasteiger partial charge in [-0.2, -0.15) is 8.78 Å². The average molecular weight is 259 g/mol. The predicted molar refractivity (Wildman–Crippen MR) is 56.4 cm³/mol. The fourth-order valence-electron chi connectivity index (χ4n) is 0.315. The minimum absolute atomic E-state index is 0.622. The molecule has 2 N–H and O–H groups in total. The maximum Gasteiger partial charge on any atom is 0.438 e. The number of hydroxylamine groups is 1. The molecular weight excluding hydrogens is 240 g/mol. The van der Waals surface area contributed by atoms with Crippen LogP contribution in [0.25, 0.3) is 0 Å². The highest BCUT2D eigenvalue weighted by atomic mass is 19.3. The summed E-state index contributed by atoms with van der Waals surface area (Å²) in [6.45, 7) is 7.09. The van der Waals surface area contributed by atoms with Gasteiger partial charge in [-0.3, -0.25) is 9.63 Å². The van der Waals surface area contributed by atoms with Gasteiger partial charge < -0.3 is 9.84 Å². The highest BCUT2D eigenvalue weighted by Gasteiger charge is 2.39. The largest absolute Gasteiger partial charge is 0.479 e. The molecular formula is C9H19F2NO5. The molecule has 0 saturated carbocycles. The van der Waals surface area contributed by atoms with E-state index in [1.54, 1.807) is 0 Å². The van der Waals surface area contributed by atoms with Crippen LogP contribution in [0.15, 0.2) is 0 Å². The van der Waals surface area contributed by atoms with Gasteiger partial charge in [0.2, 0.25) is 0 Å². The average Bonchev–Trinajstić information content (AvgIpc) is 2.33. The summed E-state index contributed by atoms with van der Waals surface area (Å²) >= 11 is 0. The minimum atomic E-state index is -4.03. The van der Waals surface area contributed by atoms with E-state index in [0.29, 0.717) is 7.11 Å². The van der Waals surface area contributed by atoms with Crippen LogP contribution in [0.1, 0.15) is 27.7 Å². The Morgan fingerprint density at radius 2 is 1.65 bits per heavy atom. The molecule has 1 amide bonds. The number of ether oxygens (including phenoxy) is 1. The molecule has 0 spiro atoms. The molecule has 0 fully saturated rings. The molecule has 0 aromatic heterocycles. The quantitative estimate of drug-likeness (QED) is 0.729. The number of methoxy groups -OCH3 is 1. The predicted octanol–water partition coefficient (Wildman–Crippen LogP) is 1.41. The number of carbonyl (C=O) groups is 2.